The first kappa shape index (κ1) is 24.4. The number of benzene rings is 1. The molecule has 0 atom stereocenters. The smallest absolute Gasteiger partial charge is 0.232 e. The van der Waals surface area contributed by atoms with Gasteiger partial charge in [0.1, 0.15) is 23.6 Å². The summed E-state index contributed by atoms with van der Waals surface area (Å²) < 4.78 is 56.3. The summed E-state index contributed by atoms with van der Waals surface area (Å²) in [5, 5.41) is 4.90. The molecule has 3 aromatic rings. The number of aromatic amines is 1. The first-order valence-electron chi connectivity index (χ1n) is 11.2. The summed E-state index contributed by atoms with van der Waals surface area (Å²) in [4.78, 5) is 29.6. The number of nitrogens with zero attached hydrogens (tertiary/aromatic N) is 3. The van der Waals surface area contributed by atoms with Crippen LogP contribution in [-0.2, 0) is 15.0 Å². The molecule has 0 radical (unpaired) electrons. The molecule has 5 rings (SSSR count). The fourth-order valence-electron chi connectivity index (χ4n) is 3.92. The molecule has 2 aliphatic heterocycles. The number of hydroxylamine groups is 3. The lowest BCUT2D eigenvalue weighted by Gasteiger charge is -2.17. The molecule has 192 valence electrons. The van der Waals surface area contributed by atoms with E-state index in [0.29, 0.717) is 13.0 Å². The second-order valence-electron chi connectivity index (χ2n) is 8.17. The molecule has 37 heavy (non-hydrogen) atoms. The van der Waals surface area contributed by atoms with Crippen molar-refractivity contribution in [3.63, 3.8) is 0 Å². The minimum absolute atomic E-state index is 0.0834. The molecule has 11 nitrogen and oxygen atoms in total. The lowest BCUT2D eigenvalue weighted by atomic mass is 10.0. The van der Waals surface area contributed by atoms with Crippen LogP contribution in [0, 0.1) is 11.6 Å². The minimum Gasteiger partial charge on any atom is -0.365 e. The molecule has 4 N–H and O–H groups in total. The Bertz CT molecular complexity index is 1600. The Labute approximate surface area is 209 Å². The Morgan fingerprint density at radius 3 is 2.89 bits per heavy atom. The van der Waals surface area contributed by atoms with E-state index in [9.17, 15) is 17.6 Å². The second-order valence-corrected chi connectivity index (χ2v) is 10.0. The summed E-state index contributed by atoms with van der Waals surface area (Å²) in [7, 11) is -3.87. The first-order valence-corrected chi connectivity index (χ1v) is 12.8. The van der Waals surface area contributed by atoms with Crippen LogP contribution in [0.5, 0.6) is 0 Å². The molecule has 0 spiro atoms. The highest BCUT2D eigenvalue weighted by atomic mass is 32.2. The molecule has 0 saturated heterocycles. The molecule has 2 aromatic heterocycles. The van der Waals surface area contributed by atoms with Crippen LogP contribution < -0.4 is 15.5 Å². The summed E-state index contributed by atoms with van der Waals surface area (Å²) in [6.07, 6.45) is 9.93. The number of hydrogen-bond donors (Lipinski definition) is 4. The highest BCUT2D eigenvalue weighted by Gasteiger charge is 2.27. The summed E-state index contributed by atoms with van der Waals surface area (Å²) in [6.45, 7) is 1.96. The van der Waals surface area contributed by atoms with E-state index in [4.69, 9.17) is 4.94 Å². The predicted octanol–water partition coefficient (Wildman–Crippen LogP) is 3.08. The van der Waals surface area contributed by atoms with Crippen molar-refractivity contribution in [2.24, 2.45) is 0 Å². The van der Waals surface area contributed by atoms with E-state index in [-0.39, 0.29) is 28.2 Å². The van der Waals surface area contributed by atoms with Crippen LogP contribution in [0.1, 0.15) is 29.3 Å². The first-order chi connectivity index (χ1) is 17.8. The second kappa shape index (κ2) is 9.63. The van der Waals surface area contributed by atoms with Crippen LogP contribution in [0.25, 0.3) is 11.0 Å². The number of halogens is 2. The number of H-pyrrole nitrogens is 1. The van der Waals surface area contributed by atoms with E-state index >= 15 is 4.39 Å². The number of carbonyl (C=O) groups excluding carboxylic acids is 1. The number of sulfonamides is 1. The van der Waals surface area contributed by atoms with Crippen LogP contribution in [0.15, 0.2) is 60.5 Å². The average molecular weight is 530 g/mol. The molecule has 4 heterocycles. The van der Waals surface area contributed by atoms with Gasteiger partial charge >= 0.3 is 0 Å². The number of anilines is 2. The van der Waals surface area contributed by atoms with Crippen molar-refractivity contribution < 1.29 is 26.9 Å². The Kier molecular flexibility index (Phi) is 6.35. The number of nitrogens with one attached hydrogen (secondary N) is 4. The Balaban J connectivity index is 1.47. The Morgan fingerprint density at radius 1 is 1.24 bits per heavy atom. The third-order valence-electron chi connectivity index (χ3n) is 5.60. The molecule has 0 saturated carbocycles. The summed E-state index contributed by atoms with van der Waals surface area (Å²) >= 11 is 0. The fourth-order valence-corrected chi connectivity index (χ4v) is 5.05. The number of carbonyl (C=O) groups is 1. The highest BCUT2D eigenvalue weighted by molar-refractivity contribution is 7.92. The van der Waals surface area contributed by atoms with Crippen LogP contribution in [-0.4, -0.2) is 46.5 Å². The van der Waals surface area contributed by atoms with E-state index in [1.54, 1.807) is 19.3 Å². The monoisotopic (exact) mass is 529 g/mol. The van der Waals surface area contributed by atoms with E-state index in [1.165, 1.54) is 17.6 Å². The molecule has 1 aromatic carbocycles. The van der Waals surface area contributed by atoms with Crippen molar-refractivity contribution >= 4 is 38.3 Å². The van der Waals surface area contributed by atoms with Gasteiger partial charge in [0.25, 0.3) is 0 Å². The summed E-state index contributed by atoms with van der Waals surface area (Å²) in [6, 6.07) is 1.78. The van der Waals surface area contributed by atoms with E-state index in [2.05, 4.69) is 30.5 Å². The topological polar surface area (TPSA) is 141 Å². The number of ketones is 1. The van der Waals surface area contributed by atoms with Gasteiger partial charge in [0.15, 0.2) is 5.82 Å². The van der Waals surface area contributed by atoms with Gasteiger partial charge in [0.05, 0.1) is 39.9 Å². The van der Waals surface area contributed by atoms with Crippen molar-refractivity contribution in [3.8, 4) is 0 Å². The van der Waals surface area contributed by atoms with Gasteiger partial charge in [0.2, 0.25) is 15.8 Å². The van der Waals surface area contributed by atoms with Crippen LogP contribution in [0.3, 0.4) is 0 Å². The predicted molar refractivity (Wildman–Crippen MR) is 131 cm³/mol. The van der Waals surface area contributed by atoms with Crippen molar-refractivity contribution in [2.75, 3.05) is 22.3 Å². The average Bonchev–Trinajstić information content (AvgIpc) is 3.51. The number of fused-ring (bicyclic) bond motifs is 2. The zero-order chi connectivity index (χ0) is 26.2. The van der Waals surface area contributed by atoms with Gasteiger partial charge in [-0.2, -0.15) is 4.94 Å². The lowest BCUT2D eigenvalue weighted by molar-refractivity contribution is -0.112. The van der Waals surface area contributed by atoms with Crippen molar-refractivity contribution in [1.82, 2.24) is 25.5 Å². The quantitative estimate of drug-likeness (QED) is 0.308. The maximum atomic E-state index is 15.3. The van der Waals surface area contributed by atoms with Crippen LogP contribution in [0.4, 0.5) is 20.3 Å². The fraction of sp³-hybridized carbons (Fsp3) is 0.174. The zero-order valence-corrected chi connectivity index (χ0v) is 20.2. The van der Waals surface area contributed by atoms with Crippen LogP contribution >= 0.6 is 0 Å². The standard InChI is InChI=1S/C23H21F2N7O4S/c1-2-7-37(34,35)31-17-4-3-16(24)19(20(17)25)21(33)15-11-27-23-18(15)22(28-12-29-23)26-9-13-5-6-32-14(8-13)10-30-36-32/h3-6,8,10-12,30-31H,2,7,9H2,1H3,(H2,26,27,28,29). The number of allylic oxidation sites excluding steroid dienone is 1. The van der Waals surface area contributed by atoms with E-state index in [1.807, 2.05) is 12.2 Å². The molecule has 14 heteroatoms. The molecule has 0 bridgehead atoms. The summed E-state index contributed by atoms with van der Waals surface area (Å²) in [5.74, 6) is -3.44. The largest absolute Gasteiger partial charge is 0.365 e. The number of rotatable bonds is 9. The lowest BCUT2D eigenvalue weighted by Crippen LogP contribution is -2.19. The van der Waals surface area contributed by atoms with Gasteiger partial charge < -0.3 is 10.3 Å². The maximum Gasteiger partial charge on any atom is 0.232 e. The Hall–Kier alpha value is -4.30. The molecule has 2 aliphatic rings. The van der Waals surface area contributed by atoms with Gasteiger partial charge in [-0.25, -0.2) is 37.7 Å². The van der Waals surface area contributed by atoms with Crippen LogP contribution in [0.2, 0.25) is 0 Å². The number of hydrogen-bond acceptors (Lipinski definition) is 9. The van der Waals surface area contributed by atoms with Gasteiger partial charge in [-0.1, -0.05) is 6.92 Å². The minimum atomic E-state index is -3.87. The summed E-state index contributed by atoms with van der Waals surface area (Å²) in [5.41, 5.74) is 3.06. The van der Waals surface area contributed by atoms with E-state index in [0.717, 1.165) is 23.4 Å². The SMILES string of the molecule is CCCS(=O)(=O)Nc1ccc(F)c(C(=O)c2c[nH]c3ncnc(NCC4=CC5=CNON5C=C4)c23)c1F. The molecule has 0 aliphatic carbocycles. The molecule has 0 unspecified atom stereocenters. The molecular formula is C23H21F2N7O4S. The zero-order valence-electron chi connectivity index (χ0n) is 19.4. The van der Waals surface area contributed by atoms with Gasteiger partial charge in [-0.05, 0) is 36.3 Å². The molecular weight excluding hydrogens is 508 g/mol. The third kappa shape index (κ3) is 4.75. The van der Waals surface area contributed by atoms with Crippen molar-refractivity contribution in [2.45, 2.75) is 13.3 Å². The van der Waals surface area contributed by atoms with Gasteiger partial charge in [-0.3, -0.25) is 9.52 Å². The Morgan fingerprint density at radius 2 is 2.08 bits per heavy atom. The molecule has 0 amide bonds. The third-order valence-corrected chi connectivity index (χ3v) is 7.08. The van der Waals surface area contributed by atoms with Crippen molar-refractivity contribution in [1.29, 1.82) is 0 Å². The van der Waals surface area contributed by atoms with Gasteiger partial charge in [-0.15, -0.1) is 0 Å². The maximum absolute atomic E-state index is 15.3. The van der Waals surface area contributed by atoms with Crippen molar-refractivity contribution in [3.05, 3.63) is 83.2 Å². The van der Waals surface area contributed by atoms with E-state index < -0.39 is 38.7 Å². The van der Waals surface area contributed by atoms with Gasteiger partial charge in [0, 0.05) is 18.9 Å². The normalized spacial score (nSPS) is 14.7. The number of aromatic nitrogens is 3. The molecule has 0 fully saturated rings. The highest BCUT2D eigenvalue weighted by Crippen LogP contribution is 2.30.